The number of hydrogen-bond donors (Lipinski definition) is 0. The van der Waals surface area contributed by atoms with Crippen molar-refractivity contribution in [3.05, 3.63) is 75.5 Å². The van der Waals surface area contributed by atoms with Gasteiger partial charge < -0.3 is 9.64 Å². The van der Waals surface area contributed by atoms with Gasteiger partial charge >= 0.3 is 0 Å². The number of halogens is 2. The van der Waals surface area contributed by atoms with Crippen LogP contribution in [0.3, 0.4) is 0 Å². The molecule has 3 aromatic rings. The lowest BCUT2D eigenvalue weighted by Crippen LogP contribution is -2.38. The maximum Gasteiger partial charge on any atom is 0.208 e. The number of benzene rings is 2. The fraction of sp³-hybridized carbons (Fsp3) is 0.263. The van der Waals surface area contributed by atoms with Crippen LogP contribution in [0, 0.1) is 5.82 Å². The number of anilines is 1. The van der Waals surface area contributed by atoms with Crippen molar-refractivity contribution in [3.8, 4) is 0 Å². The Kier molecular flexibility index (Phi) is 5.15. The number of ether oxygens (including phenoxy) is 1. The van der Waals surface area contributed by atoms with Crippen LogP contribution in [-0.4, -0.2) is 29.9 Å². The van der Waals surface area contributed by atoms with Gasteiger partial charge in [0.1, 0.15) is 16.9 Å². The smallest absolute Gasteiger partial charge is 0.208 e. The first kappa shape index (κ1) is 17.4. The largest absolute Gasteiger partial charge is 0.370 e. The maximum absolute atomic E-state index is 13.0. The summed E-state index contributed by atoms with van der Waals surface area (Å²) in [6.07, 6.45) is 0.567. The van der Waals surface area contributed by atoms with Crippen molar-refractivity contribution < 1.29 is 9.13 Å². The third-order valence-corrected chi connectivity index (χ3v) is 5.64. The van der Waals surface area contributed by atoms with Gasteiger partial charge in [-0.15, -0.1) is 10.2 Å². The first-order chi connectivity index (χ1) is 12.7. The summed E-state index contributed by atoms with van der Waals surface area (Å²) < 4.78 is 18.9. The van der Waals surface area contributed by atoms with Gasteiger partial charge in [-0.2, -0.15) is 0 Å². The first-order valence-corrected chi connectivity index (χ1v) is 9.56. The topological polar surface area (TPSA) is 38.2 Å². The molecule has 4 nitrogen and oxygen atoms in total. The standard InChI is InChI=1S/C19H17ClFN3OS/c20-16-4-2-1-3-15(16)17-12-24(9-10-25-17)19-23-22-18(26-19)11-13-5-7-14(21)8-6-13/h1-8,17H,9-12H2. The second-order valence-corrected chi connectivity index (χ2v) is 7.56. The van der Waals surface area contributed by atoms with Crippen molar-refractivity contribution in [3.63, 3.8) is 0 Å². The lowest BCUT2D eigenvalue weighted by atomic mass is 10.1. The Bertz CT molecular complexity index is 887. The number of hydrogen-bond acceptors (Lipinski definition) is 5. The number of aromatic nitrogens is 2. The van der Waals surface area contributed by atoms with Gasteiger partial charge in [0.25, 0.3) is 0 Å². The lowest BCUT2D eigenvalue weighted by molar-refractivity contribution is 0.0398. The Hall–Kier alpha value is -2.02. The molecule has 26 heavy (non-hydrogen) atoms. The summed E-state index contributed by atoms with van der Waals surface area (Å²) in [6.45, 7) is 2.07. The van der Waals surface area contributed by atoms with E-state index in [2.05, 4.69) is 15.1 Å². The van der Waals surface area contributed by atoms with E-state index < -0.39 is 0 Å². The van der Waals surface area contributed by atoms with Gasteiger partial charge in [-0.25, -0.2) is 4.39 Å². The molecule has 7 heteroatoms. The zero-order valence-corrected chi connectivity index (χ0v) is 15.5. The van der Waals surface area contributed by atoms with Crippen LogP contribution in [-0.2, 0) is 11.2 Å². The number of morpholine rings is 1. The van der Waals surface area contributed by atoms with Crippen LogP contribution in [0.4, 0.5) is 9.52 Å². The molecule has 1 fully saturated rings. The van der Waals surface area contributed by atoms with Crippen LogP contribution >= 0.6 is 22.9 Å². The summed E-state index contributed by atoms with van der Waals surface area (Å²) in [5, 5.41) is 11.1. The first-order valence-electron chi connectivity index (χ1n) is 8.37. The summed E-state index contributed by atoms with van der Waals surface area (Å²) in [6, 6.07) is 14.2. The number of rotatable bonds is 4. The second-order valence-electron chi connectivity index (χ2n) is 6.11. The van der Waals surface area contributed by atoms with E-state index in [1.165, 1.54) is 12.1 Å². The minimum atomic E-state index is -0.231. The van der Waals surface area contributed by atoms with Crippen LogP contribution in [0.1, 0.15) is 22.2 Å². The minimum absolute atomic E-state index is 0.0816. The Morgan fingerprint density at radius 1 is 1.15 bits per heavy atom. The van der Waals surface area contributed by atoms with Crippen molar-refractivity contribution in [1.29, 1.82) is 0 Å². The van der Waals surface area contributed by atoms with Gasteiger partial charge in [-0.1, -0.05) is 53.3 Å². The van der Waals surface area contributed by atoms with E-state index in [9.17, 15) is 4.39 Å². The predicted molar refractivity (Wildman–Crippen MR) is 101 cm³/mol. The minimum Gasteiger partial charge on any atom is -0.370 e. The van der Waals surface area contributed by atoms with Crippen molar-refractivity contribution in [2.24, 2.45) is 0 Å². The summed E-state index contributed by atoms with van der Waals surface area (Å²) in [7, 11) is 0. The molecule has 1 saturated heterocycles. The molecule has 4 rings (SSSR count). The predicted octanol–water partition coefficient (Wildman–Crippen LogP) is 4.50. The molecule has 0 saturated carbocycles. The highest BCUT2D eigenvalue weighted by atomic mass is 35.5. The van der Waals surface area contributed by atoms with Crippen LogP contribution in [0.25, 0.3) is 0 Å². The zero-order valence-electron chi connectivity index (χ0n) is 13.9. The molecule has 0 radical (unpaired) electrons. The normalized spacial score (nSPS) is 17.5. The summed E-state index contributed by atoms with van der Waals surface area (Å²) in [5.41, 5.74) is 2.01. The fourth-order valence-corrected chi connectivity index (χ4v) is 4.13. The van der Waals surface area contributed by atoms with Crippen LogP contribution < -0.4 is 4.90 Å². The van der Waals surface area contributed by atoms with Gasteiger partial charge in [-0.3, -0.25) is 0 Å². The molecule has 0 aliphatic carbocycles. The average Bonchev–Trinajstić information content (AvgIpc) is 3.13. The van der Waals surface area contributed by atoms with E-state index in [-0.39, 0.29) is 11.9 Å². The molecule has 0 spiro atoms. The third-order valence-electron chi connectivity index (χ3n) is 4.31. The van der Waals surface area contributed by atoms with E-state index in [4.69, 9.17) is 16.3 Å². The molecule has 1 aliphatic heterocycles. The maximum atomic E-state index is 13.0. The van der Waals surface area contributed by atoms with Gasteiger partial charge in [0.2, 0.25) is 5.13 Å². The van der Waals surface area contributed by atoms with Gasteiger partial charge in [-0.05, 0) is 23.8 Å². The molecule has 1 unspecified atom stereocenters. The van der Waals surface area contributed by atoms with E-state index in [1.54, 1.807) is 23.5 Å². The van der Waals surface area contributed by atoms with Gasteiger partial charge in [0, 0.05) is 23.6 Å². The molecule has 1 atom stereocenters. The lowest BCUT2D eigenvalue weighted by Gasteiger charge is -2.33. The molecule has 134 valence electrons. The van der Waals surface area contributed by atoms with Crippen molar-refractivity contribution >= 4 is 28.1 Å². The molecule has 0 N–H and O–H groups in total. The van der Waals surface area contributed by atoms with Crippen LogP contribution in [0.5, 0.6) is 0 Å². The molecule has 1 aliphatic rings. The third kappa shape index (κ3) is 3.87. The summed E-state index contributed by atoms with van der Waals surface area (Å²) in [5.74, 6) is -0.231. The van der Waals surface area contributed by atoms with E-state index in [0.29, 0.717) is 24.6 Å². The van der Waals surface area contributed by atoms with E-state index in [0.717, 1.165) is 27.8 Å². The molecule has 2 aromatic carbocycles. The van der Waals surface area contributed by atoms with E-state index >= 15 is 0 Å². The average molecular weight is 390 g/mol. The summed E-state index contributed by atoms with van der Waals surface area (Å²) in [4.78, 5) is 2.18. The molecule has 1 aromatic heterocycles. The van der Waals surface area contributed by atoms with Crippen LogP contribution in [0.2, 0.25) is 5.02 Å². The number of nitrogens with zero attached hydrogens (tertiary/aromatic N) is 3. The molecule has 2 heterocycles. The molecule has 0 amide bonds. The zero-order chi connectivity index (χ0) is 17.9. The van der Waals surface area contributed by atoms with Crippen molar-refractivity contribution in [2.45, 2.75) is 12.5 Å². The highest BCUT2D eigenvalue weighted by Gasteiger charge is 2.25. The fourth-order valence-electron chi connectivity index (χ4n) is 2.97. The van der Waals surface area contributed by atoms with Gasteiger partial charge in [0.15, 0.2) is 0 Å². The highest BCUT2D eigenvalue weighted by Crippen LogP contribution is 2.31. The van der Waals surface area contributed by atoms with Gasteiger partial charge in [0.05, 0.1) is 13.2 Å². The molecular weight excluding hydrogens is 373 g/mol. The van der Waals surface area contributed by atoms with Crippen LogP contribution in [0.15, 0.2) is 48.5 Å². The molecule has 0 bridgehead atoms. The monoisotopic (exact) mass is 389 g/mol. The van der Waals surface area contributed by atoms with Crippen molar-refractivity contribution in [1.82, 2.24) is 10.2 Å². The second kappa shape index (κ2) is 7.70. The Morgan fingerprint density at radius 3 is 2.77 bits per heavy atom. The summed E-state index contributed by atoms with van der Waals surface area (Å²) >= 11 is 7.87. The SMILES string of the molecule is Fc1ccc(Cc2nnc(N3CCOC(c4ccccc4Cl)C3)s2)cc1. The Balaban J connectivity index is 1.47. The Morgan fingerprint density at radius 2 is 1.96 bits per heavy atom. The quantitative estimate of drug-likeness (QED) is 0.658. The highest BCUT2D eigenvalue weighted by molar-refractivity contribution is 7.15. The van der Waals surface area contributed by atoms with Crippen molar-refractivity contribution in [2.75, 3.05) is 24.6 Å². The molecular formula is C19H17ClFN3OS. The van der Waals surface area contributed by atoms with E-state index in [1.807, 2.05) is 24.3 Å². The Labute approximate surface area is 160 Å².